The molecule has 2 rings (SSSR count). The predicted octanol–water partition coefficient (Wildman–Crippen LogP) is 4.55. The zero-order valence-corrected chi connectivity index (χ0v) is 12.9. The van der Waals surface area contributed by atoms with Crippen molar-refractivity contribution < 1.29 is 9.18 Å². The van der Waals surface area contributed by atoms with E-state index >= 15 is 0 Å². The van der Waals surface area contributed by atoms with E-state index < -0.39 is 5.82 Å². The molecule has 0 atom stereocenters. The minimum absolute atomic E-state index is 0.243. The van der Waals surface area contributed by atoms with E-state index in [-0.39, 0.29) is 11.6 Å². The van der Waals surface area contributed by atoms with Gasteiger partial charge in [0.2, 0.25) is 5.91 Å². The lowest BCUT2D eigenvalue weighted by Gasteiger charge is -2.29. The summed E-state index contributed by atoms with van der Waals surface area (Å²) < 4.78 is 13.6. The van der Waals surface area contributed by atoms with Gasteiger partial charge in [0.1, 0.15) is 5.82 Å². The van der Waals surface area contributed by atoms with E-state index in [9.17, 15) is 9.18 Å². The standard InChI is InChI=1S/C17H25FN2O/c1-3-4-13-5-7-14(8-6-13)20-15-9-10-16(18)17(11-15)19-12(2)21/h9-11,13-14,20H,3-8H2,1-2H3,(H,19,21). The normalized spacial score (nSPS) is 21.9. The number of hydrogen-bond acceptors (Lipinski definition) is 2. The Morgan fingerprint density at radius 2 is 2.00 bits per heavy atom. The van der Waals surface area contributed by atoms with Gasteiger partial charge in [-0.25, -0.2) is 4.39 Å². The van der Waals surface area contributed by atoms with Gasteiger partial charge in [-0.2, -0.15) is 0 Å². The van der Waals surface area contributed by atoms with Gasteiger partial charge in [-0.15, -0.1) is 0 Å². The van der Waals surface area contributed by atoms with Gasteiger partial charge in [0, 0.05) is 18.7 Å². The van der Waals surface area contributed by atoms with Crippen LogP contribution in [-0.2, 0) is 4.79 Å². The molecule has 0 aromatic heterocycles. The molecule has 1 aliphatic rings. The van der Waals surface area contributed by atoms with Crippen LogP contribution in [0.3, 0.4) is 0 Å². The van der Waals surface area contributed by atoms with E-state index in [4.69, 9.17) is 0 Å². The molecule has 0 saturated heterocycles. The van der Waals surface area contributed by atoms with Crippen molar-refractivity contribution in [3.05, 3.63) is 24.0 Å². The van der Waals surface area contributed by atoms with Crippen LogP contribution in [0.15, 0.2) is 18.2 Å². The monoisotopic (exact) mass is 292 g/mol. The lowest BCUT2D eigenvalue weighted by Crippen LogP contribution is -2.26. The highest BCUT2D eigenvalue weighted by molar-refractivity contribution is 5.89. The highest BCUT2D eigenvalue weighted by atomic mass is 19.1. The zero-order chi connectivity index (χ0) is 15.2. The van der Waals surface area contributed by atoms with Gasteiger partial charge in [0.05, 0.1) is 5.69 Å². The summed E-state index contributed by atoms with van der Waals surface area (Å²) in [6.45, 7) is 3.63. The Kier molecular flexibility index (Phi) is 5.59. The minimum Gasteiger partial charge on any atom is -0.382 e. The maximum atomic E-state index is 13.6. The number of halogens is 1. The molecule has 0 bridgehead atoms. The van der Waals surface area contributed by atoms with Gasteiger partial charge in [-0.05, 0) is 49.8 Å². The molecule has 116 valence electrons. The quantitative estimate of drug-likeness (QED) is 0.835. The van der Waals surface area contributed by atoms with Gasteiger partial charge < -0.3 is 10.6 Å². The van der Waals surface area contributed by atoms with Gasteiger partial charge in [0.15, 0.2) is 0 Å². The number of hydrogen-bond donors (Lipinski definition) is 2. The van der Waals surface area contributed by atoms with E-state index in [0.717, 1.165) is 24.4 Å². The fourth-order valence-corrected chi connectivity index (χ4v) is 3.14. The Hall–Kier alpha value is -1.58. The number of carbonyl (C=O) groups is 1. The van der Waals surface area contributed by atoms with Crippen LogP contribution in [0.4, 0.5) is 15.8 Å². The van der Waals surface area contributed by atoms with Gasteiger partial charge in [0.25, 0.3) is 0 Å². The summed E-state index contributed by atoms with van der Waals surface area (Å²) in [6.07, 6.45) is 7.46. The lowest BCUT2D eigenvalue weighted by molar-refractivity contribution is -0.114. The highest BCUT2D eigenvalue weighted by Crippen LogP contribution is 2.30. The fourth-order valence-electron chi connectivity index (χ4n) is 3.14. The van der Waals surface area contributed by atoms with Crippen LogP contribution in [0.25, 0.3) is 0 Å². The van der Waals surface area contributed by atoms with Crippen LogP contribution in [0.2, 0.25) is 0 Å². The summed E-state index contributed by atoms with van der Waals surface area (Å²) in [7, 11) is 0. The van der Waals surface area contributed by atoms with Crippen molar-refractivity contribution in [3.8, 4) is 0 Å². The largest absolute Gasteiger partial charge is 0.382 e. The van der Waals surface area contributed by atoms with Gasteiger partial charge in [-0.3, -0.25) is 4.79 Å². The second-order valence-corrected chi connectivity index (χ2v) is 6.03. The van der Waals surface area contributed by atoms with Crippen LogP contribution in [-0.4, -0.2) is 11.9 Å². The summed E-state index contributed by atoms with van der Waals surface area (Å²) in [4.78, 5) is 11.1. The first kappa shape index (κ1) is 15.8. The molecule has 3 nitrogen and oxygen atoms in total. The number of nitrogens with one attached hydrogen (secondary N) is 2. The van der Waals surface area contributed by atoms with Crippen LogP contribution in [0, 0.1) is 11.7 Å². The van der Waals surface area contributed by atoms with Crippen LogP contribution < -0.4 is 10.6 Å². The molecule has 1 amide bonds. The highest BCUT2D eigenvalue weighted by Gasteiger charge is 2.20. The van der Waals surface area contributed by atoms with Crippen molar-refractivity contribution in [1.82, 2.24) is 0 Å². The van der Waals surface area contributed by atoms with Crippen molar-refractivity contribution in [2.24, 2.45) is 5.92 Å². The maximum absolute atomic E-state index is 13.6. The van der Waals surface area contributed by atoms with E-state index in [0.29, 0.717) is 6.04 Å². The van der Waals surface area contributed by atoms with Crippen LogP contribution >= 0.6 is 0 Å². The molecule has 4 heteroatoms. The summed E-state index contributed by atoms with van der Waals surface area (Å²) in [5, 5.41) is 5.99. The molecule has 0 heterocycles. The summed E-state index contributed by atoms with van der Waals surface area (Å²) in [5.41, 5.74) is 1.12. The molecule has 0 aliphatic heterocycles. The molecule has 0 spiro atoms. The van der Waals surface area contributed by atoms with E-state index in [1.807, 2.05) is 0 Å². The Bertz CT molecular complexity index is 482. The van der Waals surface area contributed by atoms with E-state index in [1.54, 1.807) is 12.1 Å². The van der Waals surface area contributed by atoms with Crippen molar-refractivity contribution in [3.63, 3.8) is 0 Å². The Morgan fingerprint density at radius 3 is 2.62 bits per heavy atom. The molecule has 1 aromatic carbocycles. The lowest BCUT2D eigenvalue weighted by atomic mass is 9.83. The van der Waals surface area contributed by atoms with Crippen molar-refractivity contribution in [2.75, 3.05) is 10.6 Å². The first-order chi connectivity index (χ1) is 10.1. The third kappa shape index (κ3) is 4.73. The molecule has 2 N–H and O–H groups in total. The van der Waals surface area contributed by atoms with Gasteiger partial charge in [-0.1, -0.05) is 19.8 Å². The molecular weight excluding hydrogens is 267 g/mol. The third-order valence-electron chi connectivity index (χ3n) is 4.19. The van der Waals surface area contributed by atoms with E-state index in [1.165, 1.54) is 38.7 Å². The number of rotatable bonds is 5. The second kappa shape index (κ2) is 7.43. The van der Waals surface area contributed by atoms with Crippen LogP contribution in [0.1, 0.15) is 52.4 Å². The number of amides is 1. The average molecular weight is 292 g/mol. The Balaban J connectivity index is 1.93. The maximum Gasteiger partial charge on any atom is 0.221 e. The van der Waals surface area contributed by atoms with E-state index in [2.05, 4.69) is 17.6 Å². The number of benzene rings is 1. The molecule has 0 unspecified atom stereocenters. The van der Waals surface area contributed by atoms with Crippen molar-refractivity contribution in [2.45, 2.75) is 58.4 Å². The molecule has 1 aliphatic carbocycles. The predicted molar refractivity (Wildman–Crippen MR) is 85.0 cm³/mol. The molecular formula is C17H25FN2O. The van der Waals surface area contributed by atoms with Gasteiger partial charge >= 0.3 is 0 Å². The van der Waals surface area contributed by atoms with Crippen molar-refractivity contribution in [1.29, 1.82) is 0 Å². The SMILES string of the molecule is CCCC1CCC(Nc2ccc(F)c(NC(C)=O)c2)CC1. The topological polar surface area (TPSA) is 41.1 Å². The second-order valence-electron chi connectivity index (χ2n) is 6.03. The molecule has 0 radical (unpaired) electrons. The Labute approximate surface area is 126 Å². The first-order valence-electron chi connectivity index (χ1n) is 7.92. The van der Waals surface area contributed by atoms with Crippen LogP contribution in [0.5, 0.6) is 0 Å². The molecule has 1 saturated carbocycles. The fraction of sp³-hybridized carbons (Fsp3) is 0.588. The molecule has 1 aromatic rings. The van der Waals surface area contributed by atoms with Crippen molar-refractivity contribution >= 4 is 17.3 Å². The first-order valence-corrected chi connectivity index (χ1v) is 7.92. The molecule has 1 fully saturated rings. The molecule has 21 heavy (non-hydrogen) atoms. The smallest absolute Gasteiger partial charge is 0.221 e. The summed E-state index contributed by atoms with van der Waals surface area (Å²) in [5.74, 6) is 0.213. The minimum atomic E-state index is -0.401. The Morgan fingerprint density at radius 1 is 1.29 bits per heavy atom. The number of carbonyl (C=O) groups excluding carboxylic acids is 1. The number of anilines is 2. The zero-order valence-electron chi connectivity index (χ0n) is 12.9. The average Bonchev–Trinajstić information content (AvgIpc) is 2.44. The third-order valence-corrected chi connectivity index (χ3v) is 4.19. The summed E-state index contributed by atoms with van der Waals surface area (Å²) >= 11 is 0. The summed E-state index contributed by atoms with van der Waals surface area (Å²) in [6, 6.07) is 5.26.